The lowest BCUT2D eigenvalue weighted by atomic mass is 9.94. The summed E-state index contributed by atoms with van der Waals surface area (Å²) < 4.78 is 13.3. The Morgan fingerprint density at radius 3 is 2.38 bits per heavy atom. The Balaban J connectivity index is 2.24. The molecule has 0 heterocycles. The number of hydrogen-bond donors (Lipinski definition) is 1. The maximum absolute atomic E-state index is 13.3. The molecule has 0 aliphatic rings. The minimum Gasteiger partial charge on any atom is -0.309 e. The van der Waals surface area contributed by atoms with Gasteiger partial charge in [-0.3, -0.25) is 0 Å². The van der Waals surface area contributed by atoms with Crippen LogP contribution in [0.1, 0.15) is 48.1 Å². The molecular weight excluding hydrogens is 261 g/mol. The highest BCUT2D eigenvalue weighted by Gasteiger charge is 2.14. The highest BCUT2D eigenvalue weighted by atomic mass is 19.1. The van der Waals surface area contributed by atoms with Crippen LogP contribution in [-0.2, 0) is 6.42 Å². The van der Waals surface area contributed by atoms with E-state index in [1.54, 1.807) is 6.07 Å². The minimum absolute atomic E-state index is 0.103. The first-order valence-electron chi connectivity index (χ1n) is 7.68. The first-order valence-corrected chi connectivity index (χ1v) is 7.68. The fraction of sp³-hybridized carbons (Fsp3) is 0.368. The molecule has 1 atom stereocenters. The first-order chi connectivity index (χ1) is 10.2. The zero-order chi connectivity index (χ0) is 15.2. The Kier molecular flexibility index (Phi) is 5.51. The van der Waals surface area contributed by atoms with Gasteiger partial charge in [0.15, 0.2) is 0 Å². The number of benzene rings is 2. The summed E-state index contributed by atoms with van der Waals surface area (Å²) in [7, 11) is 1.94. The molecule has 0 amide bonds. The molecular formula is C19H24FN. The van der Waals surface area contributed by atoms with Gasteiger partial charge < -0.3 is 5.32 Å². The van der Waals surface area contributed by atoms with Crippen LogP contribution >= 0.6 is 0 Å². The van der Waals surface area contributed by atoms with Crippen molar-refractivity contribution >= 4 is 0 Å². The summed E-state index contributed by atoms with van der Waals surface area (Å²) in [4.78, 5) is 0. The lowest BCUT2D eigenvalue weighted by Crippen LogP contribution is -2.18. The van der Waals surface area contributed by atoms with Crippen molar-refractivity contribution < 1.29 is 4.39 Å². The van der Waals surface area contributed by atoms with E-state index in [4.69, 9.17) is 0 Å². The molecule has 2 aromatic rings. The Morgan fingerprint density at radius 2 is 1.81 bits per heavy atom. The molecule has 0 radical (unpaired) electrons. The van der Waals surface area contributed by atoms with E-state index < -0.39 is 0 Å². The number of nitrogens with one attached hydrogen (secondary N) is 1. The lowest BCUT2D eigenvalue weighted by Gasteiger charge is -2.20. The average molecular weight is 285 g/mol. The maximum Gasteiger partial charge on any atom is 0.123 e. The molecule has 0 saturated heterocycles. The van der Waals surface area contributed by atoms with E-state index >= 15 is 0 Å². The van der Waals surface area contributed by atoms with Crippen molar-refractivity contribution in [1.29, 1.82) is 0 Å². The Morgan fingerprint density at radius 1 is 1.10 bits per heavy atom. The van der Waals surface area contributed by atoms with Gasteiger partial charge in [0.25, 0.3) is 0 Å². The largest absolute Gasteiger partial charge is 0.309 e. The summed E-state index contributed by atoms with van der Waals surface area (Å²) in [5.41, 5.74) is 4.70. The zero-order valence-corrected chi connectivity index (χ0v) is 13.1. The molecule has 1 nitrogen and oxygen atoms in total. The van der Waals surface area contributed by atoms with Gasteiger partial charge >= 0.3 is 0 Å². The molecule has 1 N–H and O–H groups in total. The van der Waals surface area contributed by atoms with Crippen molar-refractivity contribution in [2.24, 2.45) is 0 Å². The van der Waals surface area contributed by atoms with Gasteiger partial charge in [-0.15, -0.1) is 0 Å². The third-order valence-corrected chi connectivity index (χ3v) is 3.96. The topological polar surface area (TPSA) is 12.0 Å². The highest BCUT2D eigenvalue weighted by Crippen LogP contribution is 2.25. The van der Waals surface area contributed by atoms with Gasteiger partial charge in [0.2, 0.25) is 0 Å². The Labute approximate surface area is 127 Å². The number of hydrogen-bond acceptors (Lipinski definition) is 1. The van der Waals surface area contributed by atoms with E-state index in [-0.39, 0.29) is 11.9 Å². The summed E-state index contributed by atoms with van der Waals surface area (Å²) in [5, 5.41) is 3.34. The summed E-state index contributed by atoms with van der Waals surface area (Å²) in [5.74, 6) is -0.180. The van der Waals surface area contributed by atoms with Crippen LogP contribution in [0.15, 0.2) is 42.5 Å². The van der Waals surface area contributed by atoms with E-state index in [2.05, 4.69) is 36.5 Å². The van der Waals surface area contributed by atoms with Gasteiger partial charge in [0, 0.05) is 0 Å². The molecule has 21 heavy (non-hydrogen) atoms. The second-order valence-electron chi connectivity index (χ2n) is 5.57. The maximum atomic E-state index is 13.3. The van der Waals surface area contributed by atoms with E-state index in [0.717, 1.165) is 17.5 Å². The summed E-state index contributed by atoms with van der Waals surface area (Å²) in [6.45, 7) is 4.17. The third kappa shape index (κ3) is 3.92. The molecule has 0 bridgehead atoms. The van der Waals surface area contributed by atoms with Crippen LogP contribution in [0.25, 0.3) is 0 Å². The van der Waals surface area contributed by atoms with Crippen LogP contribution in [0.4, 0.5) is 4.39 Å². The van der Waals surface area contributed by atoms with E-state index in [0.29, 0.717) is 0 Å². The minimum atomic E-state index is -0.180. The quantitative estimate of drug-likeness (QED) is 0.805. The molecule has 0 aliphatic carbocycles. The predicted octanol–water partition coefficient (Wildman–Crippen LogP) is 4.79. The molecule has 2 heteroatoms. The lowest BCUT2D eigenvalue weighted by molar-refractivity contribution is 0.621. The molecule has 0 aromatic heterocycles. The fourth-order valence-corrected chi connectivity index (χ4v) is 2.72. The monoisotopic (exact) mass is 285 g/mol. The van der Waals surface area contributed by atoms with Crippen molar-refractivity contribution in [1.82, 2.24) is 5.32 Å². The number of rotatable bonds is 6. The van der Waals surface area contributed by atoms with E-state index in [1.807, 2.05) is 20.0 Å². The van der Waals surface area contributed by atoms with Crippen molar-refractivity contribution in [3.63, 3.8) is 0 Å². The second-order valence-corrected chi connectivity index (χ2v) is 5.57. The fourth-order valence-electron chi connectivity index (χ4n) is 2.72. The molecule has 1 unspecified atom stereocenters. The van der Waals surface area contributed by atoms with Crippen molar-refractivity contribution in [2.45, 2.75) is 39.2 Å². The highest BCUT2D eigenvalue weighted by molar-refractivity contribution is 5.38. The van der Waals surface area contributed by atoms with E-state index in [9.17, 15) is 4.39 Å². The number of halogens is 1. The normalized spacial score (nSPS) is 12.4. The standard InChI is InChI=1S/C19H24FN/c1-4-5-6-15-7-9-16(10-8-15)19(21-3)18-12-11-17(20)13-14(18)2/h7-13,19,21H,4-6H2,1-3H3. The Hall–Kier alpha value is -1.67. The van der Waals surface area contributed by atoms with E-state index in [1.165, 1.54) is 30.0 Å². The summed E-state index contributed by atoms with van der Waals surface area (Å²) in [6.07, 6.45) is 3.58. The molecule has 0 spiro atoms. The van der Waals surface area contributed by atoms with Crippen LogP contribution < -0.4 is 5.32 Å². The zero-order valence-electron chi connectivity index (χ0n) is 13.1. The van der Waals surface area contributed by atoms with Gasteiger partial charge in [-0.25, -0.2) is 4.39 Å². The average Bonchev–Trinajstić information content (AvgIpc) is 2.49. The third-order valence-electron chi connectivity index (χ3n) is 3.96. The van der Waals surface area contributed by atoms with Gasteiger partial charge in [0.05, 0.1) is 6.04 Å². The second kappa shape index (κ2) is 7.37. The smallest absolute Gasteiger partial charge is 0.123 e. The summed E-state index contributed by atoms with van der Waals surface area (Å²) >= 11 is 0. The van der Waals surface area contributed by atoms with Crippen molar-refractivity contribution in [3.05, 3.63) is 70.5 Å². The van der Waals surface area contributed by atoms with Crippen molar-refractivity contribution in [3.8, 4) is 0 Å². The van der Waals surface area contributed by atoms with Gasteiger partial charge in [-0.2, -0.15) is 0 Å². The van der Waals surface area contributed by atoms with Crippen LogP contribution in [0, 0.1) is 12.7 Å². The van der Waals surface area contributed by atoms with Gasteiger partial charge in [-0.1, -0.05) is 43.7 Å². The molecule has 0 saturated carbocycles. The Bertz CT molecular complexity index is 575. The molecule has 2 aromatic carbocycles. The first kappa shape index (κ1) is 15.7. The summed E-state index contributed by atoms with van der Waals surface area (Å²) in [6, 6.07) is 13.9. The van der Waals surface area contributed by atoms with Gasteiger partial charge in [0.1, 0.15) is 5.82 Å². The van der Waals surface area contributed by atoms with Crippen molar-refractivity contribution in [2.75, 3.05) is 7.05 Å². The molecule has 2 rings (SSSR count). The number of unbranched alkanes of at least 4 members (excludes halogenated alkanes) is 1. The molecule has 0 aliphatic heterocycles. The van der Waals surface area contributed by atoms with Crippen LogP contribution in [-0.4, -0.2) is 7.05 Å². The van der Waals surface area contributed by atoms with Crippen LogP contribution in [0.2, 0.25) is 0 Å². The molecule has 112 valence electrons. The van der Waals surface area contributed by atoms with Gasteiger partial charge in [-0.05, 0) is 61.2 Å². The number of aryl methyl sites for hydroxylation is 2. The molecule has 0 fully saturated rings. The van der Waals surface area contributed by atoms with Crippen LogP contribution in [0.5, 0.6) is 0 Å². The van der Waals surface area contributed by atoms with Crippen LogP contribution in [0.3, 0.4) is 0 Å². The predicted molar refractivity (Wildman–Crippen MR) is 87.1 cm³/mol. The SMILES string of the molecule is CCCCc1ccc(C(NC)c2ccc(F)cc2C)cc1.